The van der Waals surface area contributed by atoms with Crippen LogP contribution in [0, 0.1) is 18.8 Å². The number of aromatic amines is 1. The number of aromatic nitrogens is 1. The molecule has 1 aliphatic carbocycles. The minimum absolute atomic E-state index is 0.135. The number of fused-ring (bicyclic) bond motifs is 1. The van der Waals surface area contributed by atoms with E-state index in [9.17, 15) is 9.59 Å². The summed E-state index contributed by atoms with van der Waals surface area (Å²) in [4.78, 5) is 29.6. The molecule has 0 unspecified atom stereocenters. The van der Waals surface area contributed by atoms with Gasteiger partial charge in [-0.1, -0.05) is 29.3 Å². The summed E-state index contributed by atoms with van der Waals surface area (Å²) in [6, 6.07) is 7.61. The number of carbonyl (C=O) groups excluding carboxylic acids is 2. The molecule has 1 aromatic heterocycles. The van der Waals surface area contributed by atoms with Crippen LogP contribution in [0.1, 0.15) is 33.5 Å². The fourth-order valence-corrected chi connectivity index (χ4v) is 4.36. The molecule has 148 valence electrons. The van der Waals surface area contributed by atoms with Gasteiger partial charge in [0, 0.05) is 42.3 Å². The molecule has 1 aliphatic heterocycles. The summed E-state index contributed by atoms with van der Waals surface area (Å²) in [5.74, 6) is 0.242. The molecule has 2 aliphatic rings. The van der Waals surface area contributed by atoms with E-state index >= 15 is 0 Å². The van der Waals surface area contributed by atoms with Crippen LogP contribution in [0.2, 0.25) is 10.0 Å². The lowest BCUT2D eigenvalue weighted by Gasteiger charge is -2.22. The maximum absolute atomic E-state index is 12.5. The van der Waals surface area contributed by atoms with E-state index in [-0.39, 0.29) is 22.9 Å². The van der Waals surface area contributed by atoms with Gasteiger partial charge in [-0.25, -0.2) is 4.79 Å². The van der Waals surface area contributed by atoms with Crippen LogP contribution in [0.15, 0.2) is 24.3 Å². The van der Waals surface area contributed by atoms with E-state index < -0.39 is 0 Å². The highest BCUT2D eigenvalue weighted by Crippen LogP contribution is 2.47. The van der Waals surface area contributed by atoms with Crippen molar-refractivity contribution in [3.8, 4) is 0 Å². The van der Waals surface area contributed by atoms with Gasteiger partial charge in [-0.05, 0) is 32.0 Å². The Morgan fingerprint density at radius 3 is 2.57 bits per heavy atom. The van der Waals surface area contributed by atoms with E-state index in [1.54, 1.807) is 19.9 Å². The first-order valence-corrected chi connectivity index (χ1v) is 10.0. The summed E-state index contributed by atoms with van der Waals surface area (Å²) < 4.78 is 5.07. The highest BCUT2D eigenvalue weighted by Gasteiger charge is 2.56. The van der Waals surface area contributed by atoms with Crippen LogP contribution < -0.4 is 10.2 Å². The zero-order valence-corrected chi connectivity index (χ0v) is 17.1. The quantitative estimate of drug-likeness (QED) is 0.722. The van der Waals surface area contributed by atoms with Gasteiger partial charge in [0.15, 0.2) is 0 Å². The standard InChI is InChI=1S/C20H21Cl2N3O3/c1-3-28-20(27)11-5-4-6-12(7-11)25-8-13-14(9-25)17(13)24-19(26)18-16(22)15(21)10(2)23-18/h4-7,13-14,17,23H,3,8-9H2,1-2H3,(H,24,26)/t13-,14+,17+. The summed E-state index contributed by atoms with van der Waals surface area (Å²) >= 11 is 12.2. The van der Waals surface area contributed by atoms with Gasteiger partial charge in [0.1, 0.15) is 5.69 Å². The molecule has 4 rings (SSSR count). The molecule has 0 bridgehead atoms. The lowest BCUT2D eigenvalue weighted by Crippen LogP contribution is -2.35. The van der Waals surface area contributed by atoms with E-state index in [2.05, 4.69) is 15.2 Å². The van der Waals surface area contributed by atoms with Crippen LogP contribution in [-0.4, -0.2) is 42.6 Å². The average molecular weight is 422 g/mol. The van der Waals surface area contributed by atoms with Crippen LogP contribution in [0.25, 0.3) is 0 Å². The van der Waals surface area contributed by atoms with Crippen molar-refractivity contribution in [2.24, 2.45) is 11.8 Å². The van der Waals surface area contributed by atoms with Gasteiger partial charge in [0.05, 0.1) is 22.2 Å². The molecule has 2 aromatic rings. The molecule has 1 amide bonds. The third kappa shape index (κ3) is 3.35. The predicted octanol–water partition coefficient (Wildman–Crippen LogP) is 3.67. The van der Waals surface area contributed by atoms with Gasteiger partial charge in [-0.3, -0.25) is 4.79 Å². The number of H-pyrrole nitrogens is 1. The normalized spacial score (nSPS) is 22.7. The lowest BCUT2D eigenvalue weighted by atomic mass is 10.2. The van der Waals surface area contributed by atoms with Gasteiger partial charge >= 0.3 is 5.97 Å². The fraction of sp³-hybridized carbons (Fsp3) is 0.400. The Hall–Kier alpha value is -2.18. The third-order valence-electron chi connectivity index (χ3n) is 5.50. The van der Waals surface area contributed by atoms with E-state index in [0.29, 0.717) is 40.4 Å². The highest BCUT2D eigenvalue weighted by atomic mass is 35.5. The fourth-order valence-electron chi connectivity index (χ4n) is 3.95. The molecule has 28 heavy (non-hydrogen) atoms. The first-order chi connectivity index (χ1) is 13.4. The molecule has 0 spiro atoms. The van der Waals surface area contributed by atoms with Crippen LogP contribution in [-0.2, 0) is 4.74 Å². The molecular formula is C20H21Cl2N3O3. The molecule has 2 N–H and O–H groups in total. The van der Waals surface area contributed by atoms with Crippen LogP contribution in [0.5, 0.6) is 0 Å². The number of ether oxygens (including phenoxy) is 1. The van der Waals surface area contributed by atoms with Crippen molar-refractivity contribution in [3.63, 3.8) is 0 Å². The summed E-state index contributed by atoms with van der Waals surface area (Å²) in [7, 11) is 0. The average Bonchev–Trinajstić information content (AvgIpc) is 3.02. The number of hydrogen-bond acceptors (Lipinski definition) is 4. The van der Waals surface area contributed by atoms with E-state index in [4.69, 9.17) is 27.9 Å². The first-order valence-electron chi connectivity index (χ1n) is 9.27. The lowest BCUT2D eigenvalue weighted by molar-refractivity contribution is 0.0526. The number of halogens is 2. The summed E-state index contributed by atoms with van der Waals surface area (Å²) in [6.45, 7) is 5.59. The maximum Gasteiger partial charge on any atom is 0.338 e. The van der Waals surface area contributed by atoms with Crippen molar-refractivity contribution < 1.29 is 14.3 Å². The van der Waals surface area contributed by atoms with Crippen molar-refractivity contribution in [2.75, 3.05) is 24.6 Å². The van der Waals surface area contributed by atoms with Crippen molar-refractivity contribution >= 4 is 40.8 Å². The Morgan fingerprint density at radius 1 is 1.25 bits per heavy atom. The summed E-state index contributed by atoms with van der Waals surface area (Å²) in [6.07, 6.45) is 0. The number of nitrogens with one attached hydrogen (secondary N) is 2. The smallest absolute Gasteiger partial charge is 0.338 e. The Morgan fingerprint density at radius 2 is 1.96 bits per heavy atom. The summed E-state index contributed by atoms with van der Waals surface area (Å²) in [5.41, 5.74) is 2.55. The van der Waals surface area contributed by atoms with Crippen LogP contribution >= 0.6 is 23.2 Å². The molecule has 2 heterocycles. The van der Waals surface area contributed by atoms with E-state index in [1.165, 1.54) is 0 Å². The van der Waals surface area contributed by atoms with Gasteiger partial charge < -0.3 is 19.9 Å². The third-order valence-corrected chi connectivity index (χ3v) is 6.44. The van der Waals surface area contributed by atoms with E-state index in [1.807, 2.05) is 18.2 Å². The predicted molar refractivity (Wildman–Crippen MR) is 108 cm³/mol. The number of rotatable bonds is 5. The second kappa shape index (κ2) is 7.33. The molecule has 1 saturated carbocycles. The monoisotopic (exact) mass is 421 g/mol. The van der Waals surface area contributed by atoms with Crippen LogP contribution in [0.3, 0.4) is 0 Å². The second-order valence-corrected chi connectivity index (χ2v) is 8.01. The maximum atomic E-state index is 12.5. The van der Waals surface area contributed by atoms with E-state index in [0.717, 1.165) is 18.8 Å². The highest BCUT2D eigenvalue weighted by molar-refractivity contribution is 6.44. The molecule has 2 fully saturated rings. The second-order valence-electron chi connectivity index (χ2n) is 7.26. The zero-order chi connectivity index (χ0) is 20.0. The van der Waals surface area contributed by atoms with Gasteiger partial charge in [-0.15, -0.1) is 0 Å². The van der Waals surface area contributed by atoms with Crippen molar-refractivity contribution in [1.29, 1.82) is 0 Å². The molecule has 8 heteroatoms. The number of esters is 1. The summed E-state index contributed by atoms with van der Waals surface area (Å²) in [5, 5.41) is 3.71. The molecule has 3 atom stereocenters. The van der Waals surface area contributed by atoms with Crippen molar-refractivity contribution in [3.05, 3.63) is 51.3 Å². The molecule has 1 aromatic carbocycles. The number of anilines is 1. The Labute approximate surface area is 173 Å². The zero-order valence-electron chi connectivity index (χ0n) is 15.6. The topological polar surface area (TPSA) is 74.4 Å². The van der Waals surface area contributed by atoms with Gasteiger partial charge in [0.25, 0.3) is 5.91 Å². The SMILES string of the molecule is CCOC(=O)c1cccc(N2C[C@@H]3[C@H](C2)[C@H]3NC(=O)c2[nH]c(C)c(Cl)c2Cl)c1. The minimum atomic E-state index is -0.310. The Balaban J connectivity index is 1.37. The number of hydrogen-bond donors (Lipinski definition) is 2. The number of aryl methyl sites for hydroxylation is 1. The number of nitrogens with zero attached hydrogens (tertiary/aromatic N) is 1. The Bertz CT molecular complexity index is 931. The number of amides is 1. The van der Waals surface area contributed by atoms with Crippen molar-refractivity contribution in [2.45, 2.75) is 19.9 Å². The van der Waals surface area contributed by atoms with Gasteiger partial charge in [-0.2, -0.15) is 0 Å². The van der Waals surface area contributed by atoms with Gasteiger partial charge in [0.2, 0.25) is 0 Å². The van der Waals surface area contributed by atoms with Crippen molar-refractivity contribution in [1.82, 2.24) is 10.3 Å². The first kappa shape index (κ1) is 19.2. The molecule has 6 nitrogen and oxygen atoms in total. The minimum Gasteiger partial charge on any atom is -0.462 e. The number of benzene rings is 1. The molecule has 1 saturated heterocycles. The molecular weight excluding hydrogens is 401 g/mol. The largest absolute Gasteiger partial charge is 0.462 e. The number of piperidine rings is 1. The Kier molecular flexibility index (Phi) is 5.02. The van der Waals surface area contributed by atoms with Crippen LogP contribution in [0.4, 0.5) is 5.69 Å². The molecule has 0 radical (unpaired) electrons. The number of carbonyl (C=O) groups is 2.